The van der Waals surface area contributed by atoms with Gasteiger partial charge in [-0.05, 0) is 43.4 Å². The van der Waals surface area contributed by atoms with Gasteiger partial charge >= 0.3 is 0 Å². The first-order valence-electron chi connectivity index (χ1n) is 8.94. The molecule has 2 aromatic carbocycles. The molecular weight excluding hydrogens is 296 g/mol. The second kappa shape index (κ2) is 6.31. The van der Waals surface area contributed by atoms with E-state index in [-0.39, 0.29) is 17.9 Å². The minimum atomic E-state index is 0.0470. The topological polar surface area (TPSA) is 32.3 Å². The third-order valence-corrected chi connectivity index (χ3v) is 5.50. The Morgan fingerprint density at radius 3 is 2.71 bits per heavy atom. The van der Waals surface area contributed by atoms with E-state index in [0.29, 0.717) is 6.04 Å². The first-order chi connectivity index (χ1) is 11.7. The molecule has 1 fully saturated rings. The highest BCUT2D eigenvalue weighted by molar-refractivity contribution is 5.82. The van der Waals surface area contributed by atoms with Crippen molar-refractivity contribution in [1.29, 1.82) is 0 Å². The molecule has 2 aliphatic heterocycles. The van der Waals surface area contributed by atoms with Gasteiger partial charge in [0.1, 0.15) is 0 Å². The molecule has 2 heterocycles. The lowest BCUT2D eigenvalue weighted by Gasteiger charge is -2.39. The minimum Gasteiger partial charge on any atom is -0.368 e. The average Bonchev–Trinajstić information content (AvgIpc) is 3.11. The fourth-order valence-corrected chi connectivity index (χ4v) is 4.26. The highest BCUT2D eigenvalue weighted by Gasteiger charge is 2.40. The molecule has 2 aliphatic rings. The Hall–Kier alpha value is -2.29. The van der Waals surface area contributed by atoms with Crippen molar-refractivity contribution in [2.24, 2.45) is 5.92 Å². The summed E-state index contributed by atoms with van der Waals surface area (Å²) in [5.41, 5.74) is 3.80. The van der Waals surface area contributed by atoms with Crippen molar-refractivity contribution in [2.45, 2.75) is 38.3 Å². The predicted molar refractivity (Wildman–Crippen MR) is 97.0 cm³/mol. The van der Waals surface area contributed by atoms with E-state index in [1.165, 1.54) is 17.7 Å². The van der Waals surface area contributed by atoms with E-state index in [1.807, 2.05) is 18.2 Å². The summed E-state index contributed by atoms with van der Waals surface area (Å²) in [6.07, 6.45) is 3.15. The molecule has 1 saturated heterocycles. The molecule has 3 nitrogen and oxygen atoms in total. The lowest BCUT2D eigenvalue weighted by Crippen LogP contribution is -2.48. The van der Waals surface area contributed by atoms with E-state index in [0.717, 1.165) is 24.9 Å². The van der Waals surface area contributed by atoms with Crippen LogP contribution in [0.1, 0.15) is 36.9 Å². The lowest BCUT2D eigenvalue weighted by atomic mass is 9.85. The van der Waals surface area contributed by atoms with E-state index >= 15 is 0 Å². The van der Waals surface area contributed by atoms with Crippen LogP contribution < -0.4 is 10.2 Å². The number of carbonyl (C=O) groups is 1. The second-order valence-corrected chi connectivity index (χ2v) is 6.98. The molecule has 124 valence electrons. The average molecular weight is 320 g/mol. The molecule has 3 atom stereocenters. The number of benzene rings is 2. The van der Waals surface area contributed by atoms with Crippen molar-refractivity contribution in [1.82, 2.24) is 5.32 Å². The van der Waals surface area contributed by atoms with Crippen LogP contribution in [0.2, 0.25) is 0 Å². The van der Waals surface area contributed by atoms with Crippen molar-refractivity contribution >= 4 is 11.6 Å². The van der Waals surface area contributed by atoms with Gasteiger partial charge in [-0.15, -0.1) is 0 Å². The summed E-state index contributed by atoms with van der Waals surface area (Å²) in [6, 6.07) is 19.1. The van der Waals surface area contributed by atoms with E-state index in [2.05, 4.69) is 53.5 Å². The van der Waals surface area contributed by atoms with Crippen LogP contribution in [0.15, 0.2) is 54.6 Å². The molecule has 3 heteroatoms. The monoisotopic (exact) mass is 320 g/mol. The van der Waals surface area contributed by atoms with Gasteiger partial charge in [-0.1, -0.05) is 48.5 Å². The van der Waals surface area contributed by atoms with Crippen LogP contribution in [0.25, 0.3) is 0 Å². The maximum absolute atomic E-state index is 13.0. The summed E-state index contributed by atoms with van der Waals surface area (Å²) in [5, 5.41) is 3.24. The van der Waals surface area contributed by atoms with Crippen molar-refractivity contribution in [3.63, 3.8) is 0 Å². The highest BCUT2D eigenvalue weighted by atomic mass is 16.2. The van der Waals surface area contributed by atoms with E-state index < -0.39 is 0 Å². The smallest absolute Gasteiger partial charge is 0.225 e. The highest BCUT2D eigenvalue weighted by Crippen LogP contribution is 2.39. The van der Waals surface area contributed by atoms with Crippen LogP contribution in [0.5, 0.6) is 0 Å². The van der Waals surface area contributed by atoms with Gasteiger partial charge in [0, 0.05) is 18.3 Å². The fourth-order valence-electron chi connectivity index (χ4n) is 4.26. The zero-order chi connectivity index (χ0) is 16.5. The Morgan fingerprint density at radius 1 is 1.12 bits per heavy atom. The molecule has 24 heavy (non-hydrogen) atoms. The zero-order valence-electron chi connectivity index (χ0n) is 14.1. The fraction of sp³-hybridized carbons (Fsp3) is 0.381. The van der Waals surface area contributed by atoms with E-state index in [1.54, 1.807) is 0 Å². The molecule has 0 bridgehead atoms. The lowest BCUT2D eigenvalue weighted by molar-refractivity contribution is -0.126. The molecule has 0 spiro atoms. The van der Waals surface area contributed by atoms with Gasteiger partial charge in [-0.2, -0.15) is 0 Å². The van der Waals surface area contributed by atoms with Crippen LogP contribution in [-0.4, -0.2) is 18.5 Å². The van der Waals surface area contributed by atoms with E-state index in [4.69, 9.17) is 0 Å². The molecule has 1 N–H and O–H groups in total. The number of carbonyl (C=O) groups excluding carboxylic acids is 1. The standard InChI is InChI=1S/C21H24N2O/c1-15(16-8-3-2-4-9-16)22-21(24)18-14-17-10-5-6-11-19(17)23-13-7-12-20(18)23/h2-6,8-11,15,18,20H,7,12-14H2,1H3,(H,22,24). The number of rotatable bonds is 3. The van der Waals surface area contributed by atoms with Gasteiger partial charge in [0.2, 0.25) is 5.91 Å². The summed E-state index contributed by atoms with van der Waals surface area (Å²) < 4.78 is 0. The summed E-state index contributed by atoms with van der Waals surface area (Å²) in [7, 11) is 0. The number of fused-ring (bicyclic) bond motifs is 3. The van der Waals surface area contributed by atoms with Gasteiger partial charge < -0.3 is 10.2 Å². The van der Waals surface area contributed by atoms with Crippen LogP contribution in [0.4, 0.5) is 5.69 Å². The van der Waals surface area contributed by atoms with Crippen LogP contribution in [0.3, 0.4) is 0 Å². The molecule has 0 saturated carbocycles. The predicted octanol–water partition coefficient (Wildman–Crippen LogP) is 3.71. The normalized spacial score (nSPS) is 23.3. The van der Waals surface area contributed by atoms with Crippen molar-refractivity contribution in [3.8, 4) is 0 Å². The number of hydrogen-bond donors (Lipinski definition) is 1. The van der Waals surface area contributed by atoms with Gasteiger partial charge in [-0.25, -0.2) is 0 Å². The van der Waals surface area contributed by atoms with Gasteiger partial charge in [0.25, 0.3) is 0 Å². The zero-order valence-corrected chi connectivity index (χ0v) is 14.1. The van der Waals surface area contributed by atoms with E-state index in [9.17, 15) is 4.79 Å². The van der Waals surface area contributed by atoms with Crippen LogP contribution >= 0.6 is 0 Å². The van der Waals surface area contributed by atoms with Crippen molar-refractivity contribution in [3.05, 3.63) is 65.7 Å². The Balaban J connectivity index is 1.54. The number of para-hydroxylation sites is 1. The number of nitrogens with zero attached hydrogens (tertiary/aromatic N) is 1. The molecular formula is C21H24N2O. The molecule has 1 amide bonds. The number of nitrogens with one attached hydrogen (secondary N) is 1. The molecule has 0 aliphatic carbocycles. The second-order valence-electron chi connectivity index (χ2n) is 6.98. The number of amides is 1. The maximum Gasteiger partial charge on any atom is 0.225 e. The van der Waals surface area contributed by atoms with Crippen LogP contribution in [0, 0.1) is 5.92 Å². The molecule has 3 unspecified atom stereocenters. The van der Waals surface area contributed by atoms with Crippen LogP contribution in [-0.2, 0) is 11.2 Å². The summed E-state index contributed by atoms with van der Waals surface area (Å²) in [6.45, 7) is 3.14. The molecule has 2 aromatic rings. The Bertz CT molecular complexity index is 728. The van der Waals surface area contributed by atoms with Crippen molar-refractivity contribution < 1.29 is 4.79 Å². The molecule has 4 rings (SSSR count). The quantitative estimate of drug-likeness (QED) is 0.935. The van der Waals surface area contributed by atoms with Gasteiger partial charge in [0.15, 0.2) is 0 Å². The van der Waals surface area contributed by atoms with Gasteiger partial charge in [-0.3, -0.25) is 4.79 Å². The Kier molecular flexibility index (Phi) is 4.01. The number of hydrogen-bond acceptors (Lipinski definition) is 2. The maximum atomic E-state index is 13.0. The summed E-state index contributed by atoms with van der Waals surface area (Å²) in [5.74, 6) is 0.242. The molecule has 0 aromatic heterocycles. The third kappa shape index (κ3) is 2.68. The SMILES string of the molecule is CC(NC(=O)C1Cc2ccccc2N2CCCC12)c1ccccc1. The van der Waals surface area contributed by atoms with Crippen molar-refractivity contribution in [2.75, 3.05) is 11.4 Å². The Morgan fingerprint density at radius 2 is 1.88 bits per heavy atom. The largest absolute Gasteiger partial charge is 0.368 e. The Labute approximate surface area is 143 Å². The molecule has 0 radical (unpaired) electrons. The first-order valence-corrected chi connectivity index (χ1v) is 8.94. The third-order valence-electron chi connectivity index (χ3n) is 5.50. The summed E-state index contributed by atoms with van der Waals surface area (Å²) >= 11 is 0. The van der Waals surface area contributed by atoms with Gasteiger partial charge in [0.05, 0.1) is 12.0 Å². The first kappa shape index (κ1) is 15.3. The summed E-state index contributed by atoms with van der Waals surface area (Å²) in [4.78, 5) is 15.5. The number of anilines is 1. The minimum absolute atomic E-state index is 0.0470.